The summed E-state index contributed by atoms with van der Waals surface area (Å²) in [6, 6.07) is 14.0. The lowest BCUT2D eigenvalue weighted by molar-refractivity contribution is -0.117. The monoisotopic (exact) mass is 394 g/mol. The number of hydrogen-bond acceptors (Lipinski definition) is 6. The highest BCUT2D eigenvalue weighted by molar-refractivity contribution is 8.00. The van der Waals surface area contributed by atoms with E-state index in [-0.39, 0.29) is 12.5 Å². The minimum absolute atomic E-state index is 0.0735. The van der Waals surface area contributed by atoms with E-state index in [0.29, 0.717) is 5.25 Å². The number of anilines is 2. The van der Waals surface area contributed by atoms with Crippen LogP contribution in [0.15, 0.2) is 53.7 Å². The number of carbonyl (C=O) groups excluding carboxylic acids is 1. The molecule has 1 aliphatic heterocycles. The van der Waals surface area contributed by atoms with Gasteiger partial charge in [-0.15, -0.1) is 16.9 Å². The van der Waals surface area contributed by atoms with Gasteiger partial charge in [0.05, 0.1) is 17.9 Å². The first-order valence-electron chi connectivity index (χ1n) is 9.26. The summed E-state index contributed by atoms with van der Waals surface area (Å²) in [4.78, 5) is 16.0. The van der Waals surface area contributed by atoms with Crippen molar-refractivity contribution in [2.75, 3.05) is 23.3 Å². The molecule has 0 aliphatic carbocycles. The normalized spacial score (nSPS) is 16.4. The molecule has 1 unspecified atom stereocenters. The van der Waals surface area contributed by atoms with Gasteiger partial charge < -0.3 is 10.2 Å². The minimum Gasteiger partial charge on any atom is -0.376 e. The number of tetrazole rings is 1. The van der Waals surface area contributed by atoms with Crippen LogP contribution in [-0.2, 0) is 4.79 Å². The highest BCUT2D eigenvalue weighted by Gasteiger charge is 2.23. The van der Waals surface area contributed by atoms with Gasteiger partial charge in [-0.1, -0.05) is 19.1 Å². The molecule has 1 N–H and O–H groups in total. The Hall–Kier alpha value is -2.87. The summed E-state index contributed by atoms with van der Waals surface area (Å²) in [5.41, 5.74) is 3.84. The van der Waals surface area contributed by atoms with Gasteiger partial charge in [-0.05, 0) is 59.7 Å². The van der Waals surface area contributed by atoms with Crippen molar-refractivity contribution in [3.8, 4) is 5.69 Å². The van der Waals surface area contributed by atoms with Gasteiger partial charge >= 0.3 is 0 Å². The second-order valence-corrected chi connectivity index (χ2v) is 8.32. The van der Waals surface area contributed by atoms with Crippen LogP contribution in [0.5, 0.6) is 0 Å². The summed E-state index contributed by atoms with van der Waals surface area (Å²) in [5, 5.41) is 15.0. The van der Waals surface area contributed by atoms with Gasteiger partial charge in [0.1, 0.15) is 6.33 Å². The second kappa shape index (κ2) is 8.02. The maximum atomic E-state index is 13.0. The zero-order chi connectivity index (χ0) is 19.5. The Morgan fingerprint density at radius 3 is 2.89 bits per heavy atom. The van der Waals surface area contributed by atoms with E-state index >= 15 is 0 Å². The Labute approximate surface area is 168 Å². The zero-order valence-corrected chi connectivity index (χ0v) is 16.7. The van der Waals surface area contributed by atoms with Gasteiger partial charge in [0, 0.05) is 22.4 Å². The lowest BCUT2D eigenvalue weighted by Gasteiger charge is -2.23. The van der Waals surface area contributed by atoms with E-state index in [1.54, 1.807) is 11.0 Å². The molecule has 0 spiro atoms. The fourth-order valence-corrected chi connectivity index (χ4v) is 4.43. The summed E-state index contributed by atoms with van der Waals surface area (Å²) < 4.78 is 1.62. The first kappa shape index (κ1) is 18.5. The highest BCUT2D eigenvalue weighted by Crippen LogP contribution is 2.37. The quantitative estimate of drug-likeness (QED) is 0.732. The molecule has 3 aromatic rings. The van der Waals surface area contributed by atoms with E-state index in [1.165, 1.54) is 4.90 Å². The molecule has 0 bridgehead atoms. The van der Waals surface area contributed by atoms with E-state index in [1.807, 2.05) is 60.0 Å². The molecule has 28 heavy (non-hydrogen) atoms. The van der Waals surface area contributed by atoms with Crippen molar-refractivity contribution in [3.63, 3.8) is 0 Å². The summed E-state index contributed by atoms with van der Waals surface area (Å²) >= 11 is 1.84. The Morgan fingerprint density at radius 2 is 2.11 bits per heavy atom. The number of rotatable bonds is 4. The van der Waals surface area contributed by atoms with Gasteiger partial charge in [0.2, 0.25) is 5.91 Å². The standard InChI is InChI=1S/C20H22N6OS/c1-14-11-16(7-8-17(14)26-13-22-23-24-26)21-12-20(27)25-10-9-15(2)28-19-6-4-3-5-18(19)25/h3-8,11,13,15,21H,9-10,12H2,1-2H3. The summed E-state index contributed by atoms with van der Waals surface area (Å²) in [6.45, 7) is 5.19. The first-order chi connectivity index (χ1) is 13.6. The molecule has 0 saturated carbocycles. The predicted molar refractivity (Wildman–Crippen MR) is 111 cm³/mol. The Morgan fingerprint density at radius 1 is 1.25 bits per heavy atom. The van der Waals surface area contributed by atoms with Crippen molar-refractivity contribution in [1.82, 2.24) is 20.2 Å². The number of aromatic nitrogens is 4. The maximum absolute atomic E-state index is 13.0. The SMILES string of the molecule is Cc1cc(NCC(=O)N2CCC(C)Sc3ccccc32)ccc1-n1cnnn1. The lowest BCUT2D eigenvalue weighted by Crippen LogP contribution is -2.36. The molecule has 1 aliphatic rings. The van der Waals surface area contributed by atoms with Crippen molar-refractivity contribution < 1.29 is 4.79 Å². The third-order valence-electron chi connectivity index (χ3n) is 4.78. The number of para-hydroxylation sites is 1. The number of thioether (sulfide) groups is 1. The molecule has 144 valence electrons. The van der Waals surface area contributed by atoms with Crippen LogP contribution >= 0.6 is 11.8 Å². The molecule has 1 aromatic heterocycles. The number of nitrogens with one attached hydrogen (secondary N) is 1. The Balaban J connectivity index is 1.47. The topological polar surface area (TPSA) is 75.9 Å². The Kier molecular flexibility index (Phi) is 5.29. The van der Waals surface area contributed by atoms with Gasteiger partial charge in [-0.25, -0.2) is 4.68 Å². The molecule has 8 heteroatoms. The smallest absolute Gasteiger partial charge is 0.246 e. The van der Waals surface area contributed by atoms with Gasteiger partial charge in [-0.3, -0.25) is 4.79 Å². The molecule has 4 rings (SSSR count). The zero-order valence-electron chi connectivity index (χ0n) is 15.9. The second-order valence-electron chi connectivity index (χ2n) is 6.84. The third kappa shape index (κ3) is 3.87. The van der Waals surface area contributed by atoms with Crippen molar-refractivity contribution in [1.29, 1.82) is 0 Å². The number of carbonyl (C=O) groups is 1. The summed E-state index contributed by atoms with van der Waals surface area (Å²) in [6.07, 6.45) is 2.54. The minimum atomic E-state index is 0.0735. The largest absolute Gasteiger partial charge is 0.376 e. The number of hydrogen-bond donors (Lipinski definition) is 1. The van der Waals surface area contributed by atoms with Crippen LogP contribution in [0.4, 0.5) is 11.4 Å². The number of nitrogens with zero attached hydrogens (tertiary/aromatic N) is 5. The van der Waals surface area contributed by atoms with Crippen molar-refractivity contribution in [2.45, 2.75) is 30.4 Å². The summed E-state index contributed by atoms with van der Waals surface area (Å²) in [7, 11) is 0. The molecule has 0 saturated heterocycles. The molecule has 1 amide bonds. The molecule has 7 nitrogen and oxygen atoms in total. The van der Waals surface area contributed by atoms with Crippen LogP contribution in [0.3, 0.4) is 0 Å². The fourth-order valence-electron chi connectivity index (χ4n) is 3.31. The molecule has 0 fully saturated rings. The molecular formula is C20H22N6OS. The van der Waals surface area contributed by atoms with E-state index < -0.39 is 0 Å². The van der Waals surface area contributed by atoms with Crippen molar-refractivity contribution in [2.24, 2.45) is 0 Å². The average molecular weight is 395 g/mol. The van der Waals surface area contributed by atoms with Crippen LogP contribution in [0.25, 0.3) is 5.69 Å². The van der Waals surface area contributed by atoms with E-state index in [2.05, 4.69) is 33.8 Å². The van der Waals surface area contributed by atoms with Crippen LogP contribution in [0.2, 0.25) is 0 Å². The highest BCUT2D eigenvalue weighted by atomic mass is 32.2. The van der Waals surface area contributed by atoms with Crippen LogP contribution < -0.4 is 10.2 Å². The van der Waals surface area contributed by atoms with Crippen molar-refractivity contribution >= 4 is 29.0 Å². The number of benzene rings is 2. The van der Waals surface area contributed by atoms with Crippen LogP contribution in [0.1, 0.15) is 18.9 Å². The Bertz CT molecular complexity index is 975. The maximum Gasteiger partial charge on any atom is 0.246 e. The van der Waals surface area contributed by atoms with E-state index in [9.17, 15) is 4.79 Å². The van der Waals surface area contributed by atoms with E-state index in [0.717, 1.165) is 35.6 Å². The predicted octanol–water partition coefficient (Wildman–Crippen LogP) is 3.30. The number of amides is 1. The van der Waals surface area contributed by atoms with Crippen LogP contribution in [-0.4, -0.2) is 44.5 Å². The van der Waals surface area contributed by atoms with Crippen LogP contribution in [0, 0.1) is 6.92 Å². The third-order valence-corrected chi connectivity index (χ3v) is 6.02. The molecule has 2 aromatic carbocycles. The van der Waals surface area contributed by atoms with E-state index in [4.69, 9.17) is 0 Å². The first-order valence-corrected chi connectivity index (χ1v) is 10.1. The lowest BCUT2D eigenvalue weighted by atomic mass is 10.1. The molecular weight excluding hydrogens is 372 g/mol. The molecule has 0 radical (unpaired) electrons. The molecule has 1 atom stereocenters. The number of aryl methyl sites for hydroxylation is 1. The van der Waals surface area contributed by atoms with Gasteiger partial charge in [0.15, 0.2) is 0 Å². The molecule has 2 heterocycles. The van der Waals surface area contributed by atoms with Gasteiger partial charge in [0.25, 0.3) is 0 Å². The summed E-state index contributed by atoms with van der Waals surface area (Å²) in [5.74, 6) is 0.0735. The van der Waals surface area contributed by atoms with Gasteiger partial charge in [-0.2, -0.15) is 0 Å². The number of fused-ring (bicyclic) bond motifs is 1. The fraction of sp³-hybridized carbons (Fsp3) is 0.300. The average Bonchev–Trinajstić information content (AvgIpc) is 3.16. The van der Waals surface area contributed by atoms with Crippen molar-refractivity contribution in [3.05, 3.63) is 54.4 Å².